The van der Waals surface area contributed by atoms with Crippen molar-refractivity contribution < 1.29 is 9.59 Å². The van der Waals surface area contributed by atoms with Gasteiger partial charge in [0.2, 0.25) is 11.8 Å². The molecule has 0 saturated heterocycles. The molecular weight excluding hydrogens is 388 g/mol. The quantitative estimate of drug-likeness (QED) is 0.630. The number of hydrogen-bond donors (Lipinski definition) is 2. The Morgan fingerprint density at radius 3 is 3.00 bits per heavy atom. The third-order valence-electron chi connectivity index (χ3n) is 6.11. The maximum atomic E-state index is 12.7. The molecule has 31 heavy (non-hydrogen) atoms. The lowest BCUT2D eigenvalue weighted by atomic mass is 10.0. The van der Waals surface area contributed by atoms with Crippen molar-refractivity contribution in [1.29, 1.82) is 0 Å². The topological polar surface area (TPSA) is 76.0 Å². The Hall–Kier alpha value is -3.41. The Morgan fingerprint density at radius 2 is 2.06 bits per heavy atom. The van der Waals surface area contributed by atoms with Gasteiger partial charge in [-0.05, 0) is 61.4 Å². The molecule has 3 aromatic rings. The number of rotatable bonds is 6. The fraction of sp³-hybridized carbons (Fsp3) is 0.320. The second-order valence-electron chi connectivity index (χ2n) is 8.35. The summed E-state index contributed by atoms with van der Waals surface area (Å²) in [5.41, 5.74) is 6.17. The van der Waals surface area contributed by atoms with Gasteiger partial charge in [-0.2, -0.15) is 0 Å². The van der Waals surface area contributed by atoms with E-state index in [0.717, 1.165) is 66.1 Å². The Balaban J connectivity index is 1.22. The van der Waals surface area contributed by atoms with Gasteiger partial charge < -0.3 is 15.2 Å². The van der Waals surface area contributed by atoms with Crippen molar-refractivity contribution in [3.8, 4) is 11.4 Å². The van der Waals surface area contributed by atoms with Gasteiger partial charge in [0.1, 0.15) is 5.82 Å². The van der Waals surface area contributed by atoms with Crippen LogP contribution in [0.4, 0.5) is 11.4 Å². The van der Waals surface area contributed by atoms with E-state index >= 15 is 0 Å². The van der Waals surface area contributed by atoms with Crippen LogP contribution in [0.3, 0.4) is 0 Å². The zero-order valence-corrected chi connectivity index (χ0v) is 17.5. The molecule has 2 aromatic carbocycles. The fourth-order valence-corrected chi connectivity index (χ4v) is 4.54. The van der Waals surface area contributed by atoms with Gasteiger partial charge in [0.15, 0.2) is 0 Å². The number of carbonyl (C=O) groups excluding carboxylic acids is 2. The monoisotopic (exact) mass is 414 g/mol. The van der Waals surface area contributed by atoms with E-state index in [1.165, 1.54) is 12.1 Å². The van der Waals surface area contributed by atoms with E-state index in [1.807, 2.05) is 42.6 Å². The summed E-state index contributed by atoms with van der Waals surface area (Å²) < 4.78 is 2.28. The molecule has 6 nitrogen and oxygen atoms in total. The standard InChI is InChI=1S/C25H26N4O2/c30-23(10-5-6-17-11-12-21-18(14-17)15-24(31)27-21)28-22-9-2-1-8-20(22)25-26-16-19-7-3-4-13-29(19)25/h1-2,8-9,11-12,14,16H,3-7,10,13,15H2,(H,27,31)(H,28,30). The predicted molar refractivity (Wildman–Crippen MR) is 121 cm³/mol. The normalized spacial score (nSPS) is 14.6. The van der Waals surface area contributed by atoms with Gasteiger partial charge in [-0.3, -0.25) is 9.59 Å². The van der Waals surface area contributed by atoms with E-state index in [0.29, 0.717) is 12.8 Å². The number of fused-ring (bicyclic) bond motifs is 2. The number of aryl methyl sites for hydroxylation is 2. The zero-order chi connectivity index (χ0) is 21.2. The van der Waals surface area contributed by atoms with Crippen LogP contribution in [-0.2, 0) is 35.4 Å². The summed E-state index contributed by atoms with van der Waals surface area (Å²) >= 11 is 0. The Labute approximate surface area is 181 Å². The highest BCUT2D eigenvalue weighted by Crippen LogP contribution is 2.30. The number of hydrogen-bond acceptors (Lipinski definition) is 3. The Kier molecular flexibility index (Phi) is 5.28. The number of imidazole rings is 1. The van der Waals surface area contributed by atoms with E-state index in [-0.39, 0.29) is 11.8 Å². The summed E-state index contributed by atoms with van der Waals surface area (Å²) in [6.07, 6.45) is 7.86. The molecule has 2 aliphatic rings. The Bertz CT molecular complexity index is 1150. The van der Waals surface area contributed by atoms with Gasteiger partial charge in [-0.1, -0.05) is 24.3 Å². The second kappa shape index (κ2) is 8.38. The molecule has 0 radical (unpaired) electrons. The van der Waals surface area contributed by atoms with Crippen molar-refractivity contribution >= 4 is 23.2 Å². The molecule has 5 rings (SSSR count). The van der Waals surface area contributed by atoms with Crippen LogP contribution >= 0.6 is 0 Å². The number of benzene rings is 2. The van der Waals surface area contributed by atoms with Crippen LogP contribution in [0.15, 0.2) is 48.7 Å². The summed E-state index contributed by atoms with van der Waals surface area (Å²) in [7, 11) is 0. The lowest BCUT2D eigenvalue weighted by Crippen LogP contribution is -2.14. The van der Waals surface area contributed by atoms with Crippen LogP contribution in [-0.4, -0.2) is 21.4 Å². The molecule has 0 unspecified atom stereocenters. The zero-order valence-electron chi connectivity index (χ0n) is 17.5. The SMILES string of the molecule is O=C1Cc2cc(CCCC(=O)Nc3ccccc3-c3ncc4n3CCCC4)ccc2N1. The molecule has 0 saturated carbocycles. The first-order valence-electron chi connectivity index (χ1n) is 11.0. The molecular formula is C25H26N4O2. The molecule has 158 valence electrons. The summed E-state index contributed by atoms with van der Waals surface area (Å²) in [5.74, 6) is 0.992. The van der Waals surface area contributed by atoms with Crippen molar-refractivity contribution in [2.45, 2.75) is 51.5 Å². The van der Waals surface area contributed by atoms with E-state index in [4.69, 9.17) is 0 Å². The number of nitrogens with one attached hydrogen (secondary N) is 2. The third-order valence-corrected chi connectivity index (χ3v) is 6.11. The molecule has 0 spiro atoms. The first-order chi connectivity index (χ1) is 15.2. The maximum absolute atomic E-state index is 12.7. The highest BCUT2D eigenvalue weighted by Gasteiger charge is 2.19. The summed E-state index contributed by atoms with van der Waals surface area (Å²) in [6, 6.07) is 14.0. The van der Waals surface area contributed by atoms with Crippen molar-refractivity contribution in [2.75, 3.05) is 10.6 Å². The van der Waals surface area contributed by atoms with Gasteiger partial charge >= 0.3 is 0 Å². The Morgan fingerprint density at radius 1 is 1.16 bits per heavy atom. The van der Waals surface area contributed by atoms with E-state index in [2.05, 4.69) is 26.3 Å². The lowest BCUT2D eigenvalue weighted by Gasteiger charge is -2.18. The average Bonchev–Trinajstić information content (AvgIpc) is 3.36. The maximum Gasteiger partial charge on any atom is 0.228 e. The minimum absolute atomic E-state index is 0.0101. The largest absolute Gasteiger partial charge is 0.328 e. The van der Waals surface area contributed by atoms with E-state index in [9.17, 15) is 9.59 Å². The number of para-hydroxylation sites is 1. The van der Waals surface area contributed by atoms with Gasteiger partial charge in [0.25, 0.3) is 0 Å². The van der Waals surface area contributed by atoms with Gasteiger partial charge in [0, 0.05) is 36.1 Å². The number of amides is 2. The summed E-state index contributed by atoms with van der Waals surface area (Å²) in [5, 5.41) is 5.94. The van der Waals surface area contributed by atoms with Crippen molar-refractivity contribution in [2.24, 2.45) is 0 Å². The third kappa shape index (κ3) is 4.10. The van der Waals surface area contributed by atoms with Crippen LogP contribution in [0.2, 0.25) is 0 Å². The fourth-order valence-electron chi connectivity index (χ4n) is 4.54. The molecule has 0 bridgehead atoms. The summed E-state index contributed by atoms with van der Waals surface area (Å²) in [4.78, 5) is 28.8. The van der Waals surface area contributed by atoms with Gasteiger partial charge in [0.05, 0.1) is 12.1 Å². The van der Waals surface area contributed by atoms with Crippen LogP contribution in [0, 0.1) is 0 Å². The van der Waals surface area contributed by atoms with E-state index in [1.54, 1.807) is 0 Å². The molecule has 2 amide bonds. The molecule has 1 aromatic heterocycles. The predicted octanol–water partition coefficient (Wildman–Crippen LogP) is 4.34. The smallest absolute Gasteiger partial charge is 0.228 e. The second-order valence-corrected chi connectivity index (χ2v) is 8.35. The molecule has 2 aliphatic heterocycles. The van der Waals surface area contributed by atoms with Crippen molar-refractivity contribution in [3.05, 3.63) is 65.5 Å². The molecule has 2 N–H and O–H groups in total. The number of aromatic nitrogens is 2. The lowest BCUT2D eigenvalue weighted by molar-refractivity contribution is -0.116. The van der Waals surface area contributed by atoms with Crippen LogP contribution in [0.1, 0.15) is 42.5 Å². The number of nitrogens with zero attached hydrogens (tertiary/aromatic N) is 2. The number of anilines is 2. The van der Waals surface area contributed by atoms with Crippen molar-refractivity contribution in [3.63, 3.8) is 0 Å². The van der Waals surface area contributed by atoms with Gasteiger partial charge in [-0.25, -0.2) is 4.98 Å². The number of carbonyl (C=O) groups is 2. The van der Waals surface area contributed by atoms with E-state index < -0.39 is 0 Å². The molecule has 0 fully saturated rings. The van der Waals surface area contributed by atoms with Crippen molar-refractivity contribution in [1.82, 2.24) is 9.55 Å². The highest BCUT2D eigenvalue weighted by atomic mass is 16.2. The molecule has 0 aliphatic carbocycles. The average molecular weight is 415 g/mol. The van der Waals surface area contributed by atoms with Crippen LogP contribution in [0.5, 0.6) is 0 Å². The van der Waals surface area contributed by atoms with Crippen LogP contribution < -0.4 is 10.6 Å². The minimum atomic E-state index is 0.0101. The first-order valence-corrected chi connectivity index (χ1v) is 11.0. The van der Waals surface area contributed by atoms with Crippen LogP contribution in [0.25, 0.3) is 11.4 Å². The first kappa shape index (κ1) is 19.5. The minimum Gasteiger partial charge on any atom is -0.328 e. The van der Waals surface area contributed by atoms with Gasteiger partial charge in [-0.15, -0.1) is 0 Å². The summed E-state index contributed by atoms with van der Waals surface area (Å²) in [6.45, 7) is 0.981. The highest BCUT2D eigenvalue weighted by molar-refractivity contribution is 5.99. The molecule has 3 heterocycles. The molecule has 6 heteroatoms. The molecule has 0 atom stereocenters.